The summed E-state index contributed by atoms with van der Waals surface area (Å²) >= 11 is 1.56. The minimum atomic E-state index is -1.03. The van der Waals surface area contributed by atoms with Gasteiger partial charge in [0, 0.05) is 76.8 Å². The van der Waals surface area contributed by atoms with E-state index in [0.717, 1.165) is 38.3 Å². The van der Waals surface area contributed by atoms with Crippen LogP contribution >= 0.6 is 11.3 Å². The molecule has 0 aliphatic carbocycles. The Hall–Kier alpha value is -7.56. The molecule has 0 saturated carbocycles. The fourth-order valence-electron chi connectivity index (χ4n) is 8.56. The number of carbonyl (C=O) groups excluding carboxylic acids is 5. The fourth-order valence-corrected chi connectivity index (χ4v) is 9.37. The Morgan fingerprint density at radius 2 is 1.64 bits per heavy atom. The standard InChI is InChI=1S/C51H61N13O8S/c1-31(2)72-50(70)60(7)38-19-36(23-52-24-38)35-12-13-64-37(18-35)20-42(59-64)57-43(66)28-61-14-16-62(17-15-61)49-54-25-40(26-55-49)71-29-44(67)58-46(51(4,5)6)48(69)63-27-39(65)21-41(63)47(68)53-22-33-8-10-34(11-9-33)45-32(3)56-30-73-45/h8-13,18-20,23-26,30-31,39,41,46,65H,14-17,21-22,27-29H2,1-7H3,(H,53,68)(H,58,67)(H,57,59,66)/t39-,41+,46-/m1/s1. The molecule has 3 atom stereocenters. The minimum Gasteiger partial charge on any atom is -0.481 e. The van der Waals surface area contributed by atoms with Crippen LogP contribution in [-0.2, 0) is 30.5 Å². The maximum absolute atomic E-state index is 14.1. The lowest BCUT2D eigenvalue weighted by Crippen LogP contribution is -2.58. The molecule has 5 aromatic heterocycles. The number of β-amino-alcohol motifs (C(OH)–C–C–N with tert-alkyl or cyclic N) is 1. The Morgan fingerprint density at radius 1 is 0.904 bits per heavy atom. The van der Waals surface area contributed by atoms with E-state index >= 15 is 0 Å². The number of anilines is 3. The quantitative estimate of drug-likeness (QED) is 0.104. The van der Waals surface area contributed by atoms with E-state index in [1.807, 2.05) is 80.0 Å². The zero-order valence-electron chi connectivity index (χ0n) is 41.9. The van der Waals surface area contributed by atoms with E-state index in [9.17, 15) is 29.1 Å². The predicted octanol–water partition coefficient (Wildman–Crippen LogP) is 4.55. The van der Waals surface area contributed by atoms with Gasteiger partial charge in [0.05, 0.1) is 64.6 Å². The molecule has 1 aromatic carbocycles. The SMILES string of the molecule is Cc1ncsc1-c1ccc(CNC(=O)[C@@H]2C[C@@H](O)CN2C(=O)[C@@H](NC(=O)COc2cnc(N3CCN(CC(=O)Nc4cc5cc(-c6cncc(N(C)C(=O)OC(C)C)c6)ccn5n4)CC3)nc2)C(C)(C)C)cc1. The zero-order chi connectivity index (χ0) is 52.0. The summed E-state index contributed by atoms with van der Waals surface area (Å²) in [6, 6.07) is 13.3. The molecule has 0 bridgehead atoms. The first-order valence-corrected chi connectivity index (χ1v) is 24.9. The number of carbonyl (C=O) groups is 5. The highest BCUT2D eigenvalue weighted by Crippen LogP contribution is 2.30. The van der Waals surface area contributed by atoms with E-state index in [4.69, 9.17) is 9.47 Å². The average Bonchev–Trinajstić information content (AvgIpc) is 4.11. The first kappa shape index (κ1) is 51.8. The molecule has 4 N–H and O–H groups in total. The van der Waals surface area contributed by atoms with Crippen LogP contribution < -0.4 is 30.5 Å². The van der Waals surface area contributed by atoms with Gasteiger partial charge in [-0.2, -0.15) is 5.10 Å². The molecule has 384 valence electrons. The Labute approximate surface area is 426 Å². The Bertz CT molecular complexity index is 2930. The number of rotatable bonds is 16. The number of aryl methyl sites for hydroxylation is 1. The van der Waals surface area contributed by atoms with Gasteiger partial charge in [0.25, 0.3) is 5.91 Å². The highest BCUT2D eigenvalue weighted by atomic mass is 32.1. The van der Waals surface area contributed by atoms with Crippen molar-refractivity contribution in [2.24, 2.45) is 5.41 Å². The normalized spacial score (nSPS) is 16.6. The summed E-state index contributed by atoms with van der Waals surface area (Å²) in [6.45, 7) is 13.2. The second kappa shape index (κ2) is 22.5. The van der Waals surface area contributed by atoms with Crippen LogP contribution in [0.1, 0.15) is 52.3 Å². The van der Waals surface area contributed by atoms with Crippen molar-refractivity contribution in [1.82, 2.24) is 50.0 Å². The van der Waals surface area contributed by atoms with E-state index in [-0.39, 0.29) is 43.8 Å². The van der Waals surface area contributed by atoms with E-state index in [2.05, 4.69) is 41.0 Å². The Balaban J connectivity index is 0.776. The second-order valence-electron chi connectivity index (χ2n) is 19.5. The number of likely N-dealkylation sites (tertiary alicyclic amines) is 1. The van der Waals surface area contributed by atoms with Gasteiger partial charge in [-0.1, -0.05) is 45.0 Å². The van der Waals surface area contributed by atoms with Crippen molar-refractivity contribution in [3.05, 3.63) is 96.3 Å². The largest absolute Gasteiger partial charge is 0.481 e. The van der Waals surface area contributed by atoms with Crippen molar-refractivity contribution in [3.8, 4) is 27.3 Å². The van der Waals surface area contributed by atoms with Crippen LogP contribution in [0.2, 0.25) is 0 Å². The van der Waals surface area contributed by atoms with Crippen LogP contribution in [0, 0.1) is 12.3 Å². The molecule has 7 heterocycles. The number of hydrogen-bond acceptors (Lipinski definition) is 16. The first-order valence-electron chi connectivity index (χ1n) is 24.0. The van der Waals surface area contributed by atoms with Gasteiger partial charge in [-0.25, -0.2) is 24.3 Å². The predicted molar refractivity (Wildman–Crippen MR) is 275 cm³/mol. The summed E-state index contributed by atoms with van der Waals surface area (Å²) in [4.78, 5) is 91.9. The molecule has 2 saturated heterocycles. The van der Waals surface area contributed by atoms with Crippen LogP contribution in [0.15, 0.2) is 85.0 Å². The number of hydrogen-bond donors (Lipinski definition) is 4. The van der Waals surface area contributed by atoms with Gasteiger partial charge in [-0.15, -0.1) is 11.3 Å². The molecule has 2 aliphatic rings. The molecule has 5 amide bonds. The molecule has 2 fully saturated rings. The number of piperazine rings is 1. The summed E-state index contributed by atoms with van der Waals surface area (Å²) in [5, 5.41) is 23.8. The molecule has 73 heavy (non-hydrogen) atoms. The van der Waals surface area contributed by atoms with Crippen LogP contribution in [-0.4, -0.2) is 151 Å². The van der Waals surface area contributed by atoms with Crippen molar-refractivity contribution < 1.29 is 38.6 Å². The maximum Gasteiger partial charge on any atom is 0.414 e. The molecule has 0 radical (unpaired) electrons. The molecule has 0 spiro atoms. The summed E-state index contributed by atoms with van der Waals surface area (Å²) in [5.74, 6) is -0.499. The number of aromatic nitrogens is 6. The number of nitrogens with one attached hydrogen (secondary N) is 3. The molecular weight excluding hydrogens is 955 g/mol. The smallest absolute Gasteiger partial charge is 0.414 e. The van der Waals surface area contributed by atoms with E-state index < -0.39 is 54.0 Å². The average molecular weight is 1020 g/mol. The molecule has 2 aliphatic heterocycles. The van der Waals surface area contributed by atoms with Crippen LogP contribution in [0.4, 0.5) is 22.2 Å². The fraction of sp³-hybridized carbons (Fsp3) is 0.412. The number of thiazole rings is 1. The Kier molecular flexibility index (Phi) is 15.9. The van der Waals surface area contributed by atoms with Gasteiger partial charge in [0.15, 0.2) is 18.2 Å². The number of benzene rings is 1. The number of aliphatic hydroxyl groups excluding tert-OH is 1. The highest BCUT2D eigenvalue weighted by molar-refractivity contribution is 7.13. The second-order valence-corrected chi connectivity index (χ2v) is 20.4. The summed E-state index contributed by atoms with van der Waals surface area (Å²) in [6.07, 6.45) is 6.50. The molecule has 8 rings (SSSR count). The van der Waals surface area contributed by atoms with Crippen molar-refractivity contribution >= 4 is 64.0 Å². The van der Waals surface area contributed by atoms with Gasteiger partial charge in [0.1, 0.15) is 12.1 Å². The minimum absolute atomic E-state index is 0.0456. The third-order valence-electron chi connectivity index (χ3n) is 12.5. The number of fused-ring (bicyclic) bond motifs is 1. The van der Waals surface area contributed by atoms with Crippen molar-refractivity contribution in [2.75, 3.05) is 68.0 Å². The van der Waals surface area contributed by atoms with Crippen LogP contribution in [0.3, 0.4) is 0 Å². The number of ether oxygens (including phenoxy) is 2. The van der Waals surface area contributed by atoms with Crippen molar-refractivity contribution in [2.45, 2.75) is 78.8 Å². The molecule has 0 unspecified atom stereocenters. The lowest BCUT2D eigenvalue weighted by atomic mass is 9.85. The van der Waals surface area contributed by atoms with Gasteiger partial charge >= 0.3 is 6.09 Å². The number of aliphatic hydroxyl groups is 1. The van der Waals surface area contributed by atoms with Gasteiger partial charge < -0.3 is 40.3 Å². The molecular formula is C51H61N13O8S. The zero-order valence-corrected chi connectivity index (χ0v) is 42.8. The summed E-state index contributed by atoms with van der Waals surface area (Å²) in [5.41, 5.74) is 6.92. The lowest BCUT2D eigenvalue weighted by molar-refractivity contribution is -0.144. The van der Waals surface area contributed by atoms with E-state index in [1.165, 1.54) is 22.2 Å². The maximum atomic E-state index is 14.1. The van der Waals surface area contributed by atoms with Gasteiger partial charge in [0.2, 0.25) is 23.7 Å². The first-order chi connectivity index (χ1) is 34.9. The monoisotopic (exact) mass is 1020 g/mol. The highest BCUT2D eigenvalue weighted by Gasteiger charge is 2.44. The third-order valence-corrected chi connectivity index (χ3v) is 13.5. The van der Waals surface area contributed by atoms with Gasteiger partial charge in [-0.3, -0.25) is 34.0 Å². The summed E-state index contributed by atoms with van der Waals surface area (Å²) in [7, 11) is 1.63. The van der Waals surface area contributed by atoms with E-state index in [0.29, 0.717) is 43.6 Å². The Morgan fingerprint density at radius 3 is 2.33 bits per heavy atom. The van der Waals surface area contributed by atoms with Gasteiger partial charge in [-0.05, 0) is 61.1 Å². The number of amides is 5. The van der Waals surface area contributed by atoms with Crippen LogP contribution in [0.25, 0.3) is 27.1 Å². The topological polar surface area (TPSA) is 242 Å². The van der Waals surface area contributed by atoms with E-state index in [1.54, 1.807) is 66.9 Å². The van der Waals surface area contributed by atoms with Crippen LogP contribution in [0.5, 0.6) is 5.75 Å². The number of nitrogens with zero attached hydrogens (tertiary/aromatic N) is 10. The lowest BCUT2D eigenvalue weighted by Gasteiger charge is -2.35. The molecule has 21 nitrogen and oxygen atoms in total. The van der Waals surface area contributed by atoms with Crippen molar-refractivity contribution in [3.63, 3.8) is 0 Å². The summed E-state index contributed by atoms with van der Waals surface area (Å²) < 4.78 is 12.7. The molecule has 6 aromatic rings. The van der Waals surface area contributed by atoms with Crippen molar-refractivity contribution in [1.29, 1.82) is 0 Å². The number of pyridine rings is 2. The third kappa shape index (κ3) is 12.9. The molecule has 22 heteroatoms.